The first kappa shape index (κ1) is 103. The number of hydrogen-bond acceptors (Lipinski definition) is 21. The summed E-state index contributed by atoms with van der Waals surface area (Å²) in [6.45, 7) is 48.0. The van der Waals surface area contributed by atoms with Crippen molar-refractivity contribution in [1.82, 2.24) is 5.32 Å². The molecular formula is C88H144N2O21P4Si3. The van der Waals surface area contributed by atoms with E-state index in [0.717, 1.165) is 24.2 Å². The van der Waals surface area contributed by atoms with Crippen LogP contribution in [-0.4, -0.2) is 191 Å². The number of amides is 1. The van der Waals surface area contributed by atoms with Crippen LogP contribution in [0.2, 0.25) is 52.9 Å². The highest BCUT2D eigenvalue weighted by atomic mass is 32.0. The molecule has 23 nitrogen and oxygen atoms in total. The van der Waals surface area contributed by atoms with E-state index >= 15 is 4.79 Å². The molecule has 1 aromatic rings. The molecule has 4 fully saturated rings. The number of nitro groups is 1. The molecule has 4 saturated heterocycles. The van der Waals surface area contributed by atoms with Gasteiger partial charge in [0.2, 0.25) is 0 Å². The first-order valence-electron chi connectivity index (χ1n) is 42.9. The van der Waals surface area contributed by atoms with Gasteiger partial charge in [-0.15, -0.1) is 17.9 Å². The topological polar surface area (TPSA) is 262 Å². The summed E-state index contributed by atoms with van der Waals surface area (Å²) in [6.07, 6.45) is 20.7. The third kappa shape index (κ3) is 29.2. The Morgan fingerprint density at radius 1 is 0.619 bits per heavy atom. The van der Waals surface area contributed by atoms with Gasteiger partial charge >= 0.3 is 24.0 Å². The Hall–Kier alpha value is -4.11. The highest BCUT2D eigenvalue weighted by Crippen LogP contribution is 2.54. The average Bonchev–Trinajstić information content (AvgIpc) is 0.759. The molecule has 0 radical (unpaired) electrons. The van der Waals surface area contributed by atoms with Crippen LogP contribution < -0.4 is 5.32 Å². The number of rotatable bonds is 29. The van der Waals surface area contributed by atoms with Gasteiger partial charge in [0.15, 0.2) is 55.2 Å². The highest BCUT2D eigenvalue weighted by molar-refractivity contribution is 8.13. The van der Waals surface area contributed by atoms with Gasteiger partial charge in [0.25, 0.3) is 5.69 Å². The number of non-ortho nitro benzene ring substituents is 1. The number of carbonyl (C=O) groups excluding carboxylic acids is 4. The maximum Gasteiger partial charge on any atom is 0.407 e. The Morgan fingerprint density at radius 2 is 1.13 bits per heavy atom. The number of hydrogen-bond donors (Lipinski definition) is 1. The molecule has 0 spiro atoms. The van der Waals surface area contributed by atoms with E-state index < -0.39 is 160 Å². The van der Waals surface area contributed by atoms with Crippen molar-refractivity contribution in [2.24, 2.45) is 23.7 Å². The zero-order valence-corrected chi connectivity index (χ0v) is 81.2. The molecule has 664 valence electrons. The van der Waals surface area contributed by atoms with Gasteiger partial charge in [-0.1, -0.05) is 214 Å². The number of nitro benzene ring substituents is 1. The average molecular weight is 1770 g/mol. The third-order valence-corrected chi connectivity index (χ3v) is 44.1. The summed E-state index contributed by atoms with van der Waals surface area (Å²) in [5.41, 5.74) is 0.166. The van der Waals surface area contributed by atoms with Crippen LogP contribution in [0.1, 0.15) is 179 Å². The number of ether oxygens (including phenoxy) is 12. The number of fused-ring (bicyclic) bond motifs is 6. The predicted molar refractivity (Wildman–Crippen MR) is 485 cm³/mol. The maximum absolute atomic E-state index is 15.6. The second kappa shape index (κ2) is 50.1. The van der Waals surface area contributed by atoms with E-state index in [2.05, 4.69) is 160 Å². The van der Waals surface area contributed by atoms with Gasteiger partial charge in [-0.25, -0.2) is 9.59 Å². The minimum Gasteiger partial charge on any atom is -0.462 e. The molecule has 6 unspecified atom stereocenters. The van der Waals surface area contributed by atoms with Gasteiger partial charge in [0, 0.05) is 51.3 Å². The van der Waals surface area contributed by atoms with Crippen LogP contribution in [-0.2, 0) is 79.7 Å². The molecule has 5 aliphatic rings. The first-order valence-corrected chi connectivity index (χ1v) is 57.0. The Labute approximate surface area is 716 Å². The predicted octanol–water partition coefficient (Wildman–Crippen LogP) is 20.8. The molecule has 5 aliphatic heterocycles. The number of benzene rings is 1. The van der Waals surface area contributed by atoms with Crippen LogP contribution in [0.3, 0.4) is 0 Å². The van der Waals surface area contributed by atoms with E-state index in [4.69, 9.17) is 70.1 Å². The molecule has 1 amide bonds. The van der Waals surface area contributed by atoms with Gasteiger partial charge in [-0.3, -0.25) is 19.7 Å². The van der Waals surface area contributed by atoms with E-state index in [1.807, 2.05) is 92.8 Å². The molecule has 0 aromatic heterocycles. The number of allylic oxidation sites excluding steroid dienone is 13. The van der Waals surface area contributed by atoms with Crippen LogP contribution in [0.5, 0.6) is 0 Å². The van der Waals surface area contributed by atoms with Gasteiger partial charge < -0.3 is 75.4 Å². The summed E-state index contributed by atoms with van der Waals surface area (Å²) >= 11 is 0. The maximum atomic E-state index is 15.6. The quantitative estimate of drug-likeness (QED) is 0.0149. The van der Waals surface area contributed by atoms with Crippen LogP contribution in [0.15, 0.2) is 135 Å². The molecule has 30 heteroatoms. The molecule has 1 aromatic carbocycles. The number of nitrogens with one attached hydrogen (secondary N) is 1. The van der Waals surface area contributed by atoms with Crippen LogP contribution in [0.4, 0.5) is 10.5 Å². The van der Waals surface area contributed by atoms with Crippen molar-refractivity contribution in [1.29, 1.82) is 0 Å². The molecule has 1 N–H and O–H groups in total. The van der Waals surface area contributed by atoms with Crippen molar-refractivity contribution < 1.29 is 94.2 Å². The zero-order valence-electron chi connectivity index (χ0n) is 74.1. The lowest BCUT2D eigenvalue weighted by atomic mass is 9.82. The number of methoxy groups -OCH3 is 1. The summed E-state index contributed by atoms with van der Waals surface area (Å²) in [4.78, 5) is 70.4. The van der Waals surface area contributed by atoms with Crippen LogP contribution in [0, 0.1) is 33.8 Å². The van der Waals surface area contributed by atoms with Gasteiger partial charge in [0.05, 0.1) is 77.9 Å². The van der Waals surface area contributed by atoms with Crippen molar-refractivity contribution in [3.63, 3.8) is 0 Å². The fourth-order valence-electron chi connectivity index (χ4n) is 16.9. The molecule has 6 rings (SSSR count). The lowest BCUT2D eigenvalue weighted by molar-refractivity contribution is -0.384. The zero-order chi connectivity index (χ0) is 87.2. The van der Waals surface area contributed by atoms with Crippen LogP contribution >= 0.6 is 33.1 Å². The van der Waals surface area contributed by atoms with Crippen LogP contribution in [0.25, 0.3) is 0 Å². The van der Waals surface area contributed by atoms with Crippen molar-refractivity contribution in [2.45, 2.75) is 325 Å². The van der Waals surface area contributed by atoms with Gasteiger partial charge in [0.1, 0.15) is 31.3 Å². The van der Waals surface area contributed by atoms with Crippen molar-refractivity contribution >= 4 is 87.7 Å². The number of carbonyl (C=O) groups is 4. The molecule has 6 bridgehead atoms. The van der Waals surface area contributed by atoms with E-state index in [-0.39, 0.29) is 103 Å². The van der Waals surface area contributed by atoms with E-state index in [0.29, 0.717) is 37.8 Å². The van der Waals surface area contributed by atoms with E-state index in [1.165, 1.54) is 36.4 Å². The Balaban J connectivity index is 1.61. The monoisotopic (exact) mass is 1770 g/mol. The summed E-state index contributed by atoms with van der Waals surface area (Å²) in [7, 11) is -2.36. The Bertz CT molecular complexity index is 3520. The SMILES string of the molecule is C=CCOC(=O)N[C@@H]1[C@@H](OC(=O)c2ccc([N+](=O)[O-])cc2)[C@H](O[C@H]2/C=C/C=C/C=C/C=C/C=C/C=C/C=C/[C@H](C)[C@@H](C)[C@@H](C)[C@H](C)OC(=O)C[C@H]3C[C@@H](CC[C@@H](O[Si](CC)(CC)C(C)C)[C@H]4C[C@@H](C[C@]5(OC)C[C@H](O[Si](CC)(CC)C(C)C)[C@@H](C(=O)OCC=C)[C@H](C2)O5)OC(P(C)P)O4)OC(P(C)P)O3)O[C@H](C)[C@H]1O[Si](CC)(CC)C(C)C. The second-order valence-corrected chi connectivity index (χ2v) is 56.5. The second-order valence-electron chi connectivity index (χ2n) is 33.3. The lowest BCUT2D eigenvalue weighted by Gasteiger charge is -2.52. The number of alkyl carbamates (subject to hydrolysis) is 1. The summed E-state index contributed by atoms with van der Waals surface area (Å²) in [5.74, 6) is -4.02. The van der Waals surface area contributed by atoms with Crippen molar-refractivity contribution in [3.8, 4) is 0 Å². The Kier molecular flexibility index (Phi) is 43.6. The van der Waals surface area contributed by atoms with Gasteiger partial charge in [-0.05, 0) is 138 Å². The van der Waals surface area contributed by atoms with E-state index in [9.17, 15) is 24.5 Å². The molecular weight excluding hydrogens is 1630 g/mol. The fraction of sp³-hybridized carbons (Fsp3) is 0.682. The summed E-state index contributed by atoms with van der Waals surface area (Å²) < 4.78 is 105. The van der Waals surface area contributed by atoms with E-state index in [1.54, 1.807) is 7.11 Å². The lowest BCUT2D eigenvalue weighted by Crippen LogP contribution is -2.68. The molecule has 0 saturated carbocycles. The normalized spacial score (nSPS) is 33.4. The first-order chi connectivity index (χ1) is 56.1. The smallest absolute Gasteiger partial charge is 0.407 e. The fourth-order valence-corrected chi connectivity index (χ4v) is 30.0. The molecule has 25 atom stereocenters. The molecule has 118 heavy (non-hydrogen) atoms. The minimum absolute atomic E-state index is 0.0331. The Morgan fingerprint density at radius 3 is 1.65 bits per heavy atom. The van der Waals surface area contributed by atoms with Crippen molar-refractivity contribution in [2.75, 3.05) is 33.7 Å². The largest absolute Gasteiger partial charge is 0.462 e. The number of cyclic esters (lactones) is 1. The summed E-state index contributed by atoms with van der Waals surface area (Å²) in [5, 5.41) is 15.0. The highest BCUT2D eigenvalue weighted by Gasteiger charge is 2.58. The summed E-state index contributed by atoms with van der Waals surface area (Å²) in [6, 6.07) is 7.19. The minimum atomic E-state index is -2.78. The van der Waals surface area contributed by atoms with Crippen molar-refractivity contribution in [3.05, 3.63) is 150 Å². The number of nitrogens with zero attached hydrogens (tertiary/aromatic N) is 1. The molecule has 5 heterocycles. The third-order valence-electron chi connectivity index (χ3n) is 25.0. The number of esters is 3. The van der Waals surface area contributed by atoms with Gasteiger partial charge in [-0.2, -0.15) is 0 Å². The molecule has 0 aliphatic carbocycles. The standard InChI is InChI=1S/C88H144N2O21P4Si3/c1-23-51-98-83(93)78-75-54-69(102-84-81(107-82(92)67-45-47-68(48-46-67)90(95)96)79(89-85(94)99-52-24-2)80(66(19)101-84)111-118(29-7,30-8)61(13)14)44-42-40-38-36-34-32-31-33-35-37-39-41-43-62(15)63(16)64(17)65(18)100-77(91)56-71-53-70(103-86(104-71)114(21)112)49-50-73(109-116(25-3,26-4)59(9)10)74-55-72(105-87(106-74)115(22)113)57-88(97-20,108-75)58-76(78)110-117(27-5,28-6)60(11)12/h23-24,31-48,59-66,69-76,78-81,84,86-87H,1-2,25-30,49-58,112-113H2,3-22H3,(H,89,94)/b32-31+,35-33+,36-34+,39-37+,40-38+,43-41+,44-42+/t62-,63+,64+,65-,66+,69-,70+,71+,72-,73+,74+,75-,76-,78-,79-,80+,81+,84-,86?,87?,88+,114?,115?/m0/s1.